The number of aliphatic hydroxyl groups is 1. The zero-order valence-electron chi connectivity index (χ0n) is 9.60. The summed E-state index contributed by atoms with van der Waals surface area (Å²) in [4.78, 5) is 0. The van der Waals surface area contributed by atoms with Crippen molar-refractivity contribution < 1.29 is 13.5 Å². The molecule has 0 unspecified atom stereocenters. The average molecular weight is 264 g/mol. The molecule has 0 aliphatic carbocycles. The Balaban J connectivity index is 2.74. The van der Waals surface area contributed by atoms with Gasteiger partial charge in [0, 0.05) is 24.6 Å². The van der Waals surface area contributed by atoms with Crippen molar-refractivity contribution in [2.75, 3.05) is 17.8 Å². The monoisotopic (exact) mass is 264 g/mol. The van der Waals surface area contributed by atoms with Crippen LogP contribution in [0.15, 0.2) is 5.03 Å². The minimum Gasteiger partial charge on any atom is -0.392 e. The molecule has 1 heterocycles. The van der Waals surface area contributed by atoms with Gasteiger partial charge in [-0.05, 0) is 6.92 Å². The molecule has 5 nitrogen and oxygen atoms in total. The standard InChI is InChI=1S/C9H16N2O3S2/c1-7-8(6-12)9(11(2)10-7)15-4-5-16(3,13)14/h12H,4-6H2,1-3H3. The van der Waals surface area contributed by atoms with Gasteiger partial charge in [0.25, 0.3) is 0 Å². The molecule has 1 rings (SSSR count). The fourth-order valence-corrected chi connectivity index (χ4v) is 3.68. The largest absolute Gasteiger partial charge is 0.392 e. The molecule has 1 aromatic rings. The predicted molar refractivity (Wildman–Crippen MR) is 64.3 cm³/mol. The minimum absolute atomic E-state index is 0.0686. The van der Waals surface area contributed by atoms with E-state index in [1.807, 2.05) is 6.92 Å². The maximum Gasteiger partial charge on any atom is 0.148 e. The number of aliphatic hydroxyl groups excluding tert-OH is 1. The van der Waals surface area contributed by atoms with Crippen LogP contribution in [0.4, 0.5) is 0 Å². The number of hydrogen-bond acceptors (Lipinski definition) is 5. The summed E-state index contributed by atoms with van der Waals surface area (Å²) in [6.07, 6.45) is 1.22. The van der Waals surface area contributed by atoms with Crippen LogP contribution in [-0.4, -0.2) is 41.1 Å². The van der Waals surface area contributed by atoms with E-state index in [0.717, 1.165) is 16.3 Å². The van der Waals surface area contributed by atoms with E-state index in [2.05, 4.69) is 5.10 Å². The number of rotatable bonds is 5. The van der Waals surface area contributed by atoms with Crippen LogP contribution < -0.4 is 0 Å². The van der Waals surface area contributed by atoms with Gasteiger partial charge in [-0.25, -0.2) is 8.42 Å². The minimum atomic E-state index is -2.93. The topological polar surface area (TPSA) is 72.2 Å². The molecule has 0 saturated heterocycles. The lowest BCUT2D eigenvalue weighted by Crippen LogP contribution is -2.06. The Morgan fingerprint density at radius 1 is 1.50 bits per heavy atom. The van der Waals surface area contributed by atoms with Gasteiger partial charge in [0.2, 0.25) is 0 Å². The van der Waals surface area contributed by atoms with Crippen molar-refractivity contribution in [3.05, 3.63) is 11.3 Å². The van der Waals surface area contributed by atoms with Gasteiger partial charge in [0.15, 0.2) is 0 Å². The number of hydrogen-bond donors (Lipinski definition) is 1. The number of sulfone groups is 1. The molecule has 0 amide bonds. The summed E-state index contributed by atoms with van der Waals surface area (Å²) in [6, 6.07) is 0. The average Bonchev–Trinajstić information content (AvgIpc) is 2.39. The number of thioether (sulfide) groups is 1. The Hall–Kier alpha value is -0.530. The fraction of sp³-hybridized carbons (Fsp3) is 0.667. The Morgan fingerprint density at radius 2 is 2.12 bits per heavy atom. The van der Waals surface area contributed by atoms with Crippen LogP contribution in [0.2, 0.25) is 0 Å². The lowest BCUT2D eigenvalue weighted by molar-refractivity contribution is 0.277. The van der Waals surface area contributed by atoms with Gasteiger partial charge >= 0.3 is 0 Å². The van der Waals surface area contributed by atoms with Crippen molar-refractivity contribution in [3.8, 4) is 0 Å². The summed E-state index contributed by atoms with van der Waals surface area (Å²) in [5, 5.41) is 14.2. The first-order valence-corrected chi connectivity index (χ1v) is 7.83. The Morgan fingerprint density at radius 3 is 2.62 bits per heavy atom. The zero-order valence-corrected chi connectivity index (χ0v) is 11.2. The van der Waals surface area contributed by atoms with E-state index in [-0.39, 0.29) is 12.4 Å². The summed E-state index contributed by atoms with van der Waals surface area (Å²) in [6.45, 7) is 1.76. The van der Waals surface area contributed by atoms with E-state index >= 15 is 0 Å². The van der Waals surface area contributed by atoms with E-state index < -0.39 is 9.84 Å². The molecule has 92 valence electrons. The summed E-state index contributed by atoms with van der Waals surface area (Å²) in [7, 11) is -1.15. The molecule has 0 atom stereocenters. The molecule has 1 N–H and O–H groups in total. The number of nitrogens with zero attached hydrogens (tertiary/aromatic N) is 2. The Labute approximate surface area is 99.8 Å². The first-order chi connectivity index (χ1) is 7.35. The van der Waals surface area contributed by atoms with Gasteiger partial charge in [-0.3, -0.25) is 4.68 Å². The predicted octanol–water partition coefficient (Wildman–Crippen LogP) is 0.358. The third-order valence-electron chi connectivity index (χ3n) is 2.14. The molecule has 1 aromatic heterocycles. The number of aryl methyl sites for hydroxylation is 2. The van der Waals surface area contributed by atoms with Crippen LogP contribution in [0.25, 0.3) is 0 Å². The molecule has 16 heavy (non-hydrogen) atoms. The Kier molecular flexibility index (Phi) is 4.40. The highest BCUT2D eigenvalue weighted by Gasteiger charge is 2.13. The summed E-state index contributed by atoms with van der Waals surface area (Å²) >= 11 is 1.41. The second kappa shape index (κ2) is 5.20. The molecule has 0 aromatic carbocycles. The lowest BCUT2D eigenvalue weighted by Gasteiger charge is -2.03. The molecule has 0 fully saturated rings. The van der Waals surface area contributed by atoms with Crippen molar-refractivity contribution in [1.82, 2.24) is 9.78 Å². The first-order valence-electron chi connectivity index (χ1n) is 4.79. The highest BCUT2D eigenvalue weighted by molar-refractivity contribution is 8.00. The molecule has 0 spiro atoms. The van der Waals surface area contributed by atoms with Crippen molar-refractivity contribution in [2.45, 2.75) is 18.6 Å². The van der Waals surface area contributed by atoms with Crippen LogP contribution in [0.3, 0.4) is 0 Å². The van der Waals surface area contributed by atoms with Crippen molar-refractivity contribution in [2.24, 2.45) is 7.05 Å². The van der Waals surface area contributed by atoms with E-state index in [1.165, 1.54) is 18.0 Å². The van der Waals surface area contributed by atoms with Crippen LogP contribution in [-0.2, 0) is 23.5 Å². The zero-order chi connectivity index (χ0) is 12.3. The SMILES string of the molecule is Cc1nn(C)c(SCCS(C)(=O)=O)c1CO. The van der Waals surface area contributed by atoms with Crippen LogP contribution in [0.1, 0.15) is 11.3 Å². The van der Waals surface area contributed by atoms with Crippen LogP contribution >= 0.6 is 11.8 Å². The van der Waals surface area contributed by atoms with Crippen LogP contribution in [0.5, 0.6) is 0 Å². The molecule has 0 radical (unpaired) electrons. The third kappa shape index (κ3) is 3.50. The van der Waals surface area contributed by atoms with Crippen LogP contribution in [0, 0.1) is 6.92 Å². The van der Waals surface area contributed by atoms with Gasteiger partial charge in [-0.15, -0.1) is 11.8 Å². The molecule has 7 heteroatoms. The molecular weight excluding hydrogens is 248 g/mol. The maximum absolute atomic E-state index is 11.0. The quantitative estimate of drug-likeness (QED) is 0.777. The van der Waals surface area contributed by atoms with E-state index in [0.29, 0.717) is 5.75 Å². The van der Waals surface area contributed by atoms with Gasteiger partial charge in [0.1, 0.15) is 9.84 Å². The highest BCUT2D eigenvalue weighted by atomic mass is 32.2. The second-order valence-corrected chi connectivity index (χ2v) is 6.97. The Bertz CT molecular complexity index is 465. The maximum atomic E-state index is 11.0. The molecule has 0 aliphatic rings. The summed E-state index contributed by atoms with van der Waals surface area (Å²) in [5.74, 6) is 0.609. The lowest BCUT2D eigenvalue weighted by atomic mass is 10.3. The van der Waals surface area contributed by atoms with Crippen molar-refractivity contribution >= 4 is 21.6 Å². The van der Waals surface area contributed by atoms with E-state index in [9.17, 15) is 13.5 Å². The first kappa shape index (κ1) is 13.5. The van der Waals surface area contributed by atoms with Crippen molar-refractivity contribution in [3.63, 3.8) is 0 Å². The number of aromatic nitrogens is 2. The molecule has 0 saturated carbocycles. The van der Waals surface area contributed by atoms with E-state index in [1.54, 1.807) is 11.7 Å². The molecular formula is C9H16N2O3S2. The molecule has 0 bridgehead atoms. The second-order valence-electron chi connectivity index (χ2n) is 3.63. The summed E-state index contributed by atoms with van der Waals surface area (Å²) < 4.78 is 23.6. The smallest absolute Gasteiger partial charge is 0.148 e. The van der Waals surface area contributed by atoms with Crippen molar-refractivity contribution in [1.29, 1.82) is 0 Å². The molecule has 0 aliphatic heterocycles. The van der Waals surface area contributed by atoms with E-state index in [4.69, 9.17) is 0 Å². The normalized spacial score (nSPS) is 12.0. The highest BCUT2D eigenvalue weighted by Crippen LogP contribution is 2.24. The fourth-order valence-electron chi connectivity index (χ4n) is 1.33. The van der Waals surface area contributed by atoms with Gasteiger partial charge in [-0.2, -0.15) is 5.10 Å². The van der Waals surface area contributed by atoms with Gasteiger partial charge in [-0.1, -0.05) is 0 Å². The van der Waals surface area contributed by atoms with Gasteiger partial charge in [0.05, 0.1) is 23.1 Å². The van der Waals surface area contributed by atoms with Gasteiger partial charge < -0.3 is 5.11 Å². The third-order valence-corrected chi connectivity index (χ3v) is 4.54. The summed E-state index contributed by atoms with van der Waals surface area (Å²) in [5.41, 5.74) is 1.56.